The van der Waals surface area contributed by atoms with E-state index in [0.29, 0.717) is 17.0 Å². The highest BCUT2D eigenvalue weighted by Crippen LogP contribution is 2.33. The number of Topliss-reactive ketones (excluding diaryl/α,β-unsaturated/α-hetero) is 1. The Bertz CT molecular complexity index is 610. The van der Waals surface area contributed by atoms with Gasteiger partial charge < -0.3 is 15.0 Å². The van der Waals surface area contributed by atoms with E-state index < -0.39 is 0 Å². The lowest BCUT2D eigenvalue weighted by atomic mass is 10.1. The number of ether oxygens (including phenoxy) is 1. The summed E-state index contributed by atoms with van der Waals surface area (Å²) in [5.74, 6) is 0.135. The quantitative estimate of drug-likeness (QED) is 0.837. The molecule has 6 heteroatoms. The van der Waals surface area contributed by atoms with Gasteiger partial charge in [0.2, 0.25) is 5.91 Å². The van der Waals surface area contributed by atoms with E-state index in [-0.39, 0.29) is 43.2 Å². The Morgan fingerprint density at radius 2 is 2.09 bits per heavy atom. The van der Waals surface area contributed by atoms with E-state index in [1.54, 1.807) is 18.2 Å². The molecule has 2 amide bonds. The van der Waals surface area contributed by atoms with Gasteiger partial charge in [0, 0.05) is 24.6 Å². The van der Waals surface area contributed by atoms with Crippen LogP contribution >= 0.6 is 0 Å². The molecule has 0 saturated heterocycles. The van der Waals surface area contributed by atoms with E-state index in [1.807, 2.05) is 13.8 Å². The second kappa shape index (κ2) is 6.60. The molecule has 1 aliphatic rings. The van der Waals surface area contributed by atoms with Crippen LogP contribution in [0.3, 0.4) is 0 Å². The van der Waals surface area contributed by atoms with Gasteiger partial charge in [0.05, 0.1) is 5.69 Å². The van der Waals surface area contributed by atoms with Gasteiger partial charge in [-0.05, 0) is 39.0 Å². The van der Waals surface area contributed by atoms with Crippen LogP contribution < -0.4 is 15.0 Å². The van der Waals surface area contributed by atoms with Gasteiger partial charge in [0.15, 0.2) is 12.4 Å². The van der Waals surface area contributed by atoms with Crippen molar-refractivity contribution in [3.8, 4) is 5.75 Å². The highest BCUT2D eigenvalue weighted by molar-refractivity contribution is 6.01. The number of fused-ring (bicyclic) bond motifs is 1. The van der Waals surface area contributed by atoms with E-state index in [4.69, 9.17) is 4.74 Å². The molecule has 0 bridgehead atoms. The largest absolute Gasteiger partial charge is 0.482 e. The molecule has 0 saturated carbocycles. The molecule has 1 N–H and O–H groups in total. The van der Waals surface area contributed by atoms with Crippen LogP contribution in [0.4, 0.5) is 5.69 Å². The minimum absolute atomic E-state index is 0.0573. The predicted molar refractivity (Wildman–Crippen MR) is 82.2 cm³/mol. The Balaban J connectivity index is 2.18. The van der Waals surface area contributed by atoms with Crippen LogP contribution in [-0.4, -0.2) is 36.8 Å². The number of ketones is 1. The van der Waals surface area contributed by atoms with Gasteiger partial charge in [0.25, 0.3) is 5.91 Å². The van der Waals surface area contributed by atoms with Gasteiger partial charge in [-0.1, -0.05) is 0 Å². The first-order valence-corrected chi connectivity index (χ1v) is 7.26. The minimum Gasteiger partial charge on any atom is -0.482 e. The zero-order chi connectivity index (χ0) is 16.3. The number of carbonyl (C=O) groups excluding carboxylic acids is 3. The van der Waals surface area contributed by atoms with Crippen molar-refractivity contribution in [2.24, 2.45) is 0 Å². The van der Waals surface area contributed by atoms with Gasteiger partial charge in [0.1, 0.15) is 5.75 Å². The lowest BCUT2D eigenvalue weighted by molar-refractivity contribution is -0.122. The number of nitrogens with zero attached hydrogens (tertiary/aromatic N) is 1. The van der Waals surface area contributed by atoms with E-state index in [2.05, 4.69) is 5.32 Å². The summed E-state index contributed by atoms with van der Waals surface area (Å²) in [5.41, 5.74) is 1.05. The van der Waals surface area contributed by atoms with Crippen LogP contribution in [-0.2, 0) is 9.59 Å². The molecule has 2 rings (SSSR count). The van der Waals surface area contributed by atoms with Crippen LogP contribution in [0.25, 0.3) is 0 Å². The van der Waals surface area contributed by atoms with Crippen molar-refractivity contribution in [1.82, 2.24) is 5.32 Å². The maximum atomic E-state index is 12.1. The molecule has 22 heavy (non-hydrogen) atoms. The minimum atomic E-state index is -0.217. The summed E-state index contributed by atoms with van der Waals surface area (Å²) in [6.07, 6.45) is 0.202. The standard InChI is InChI=1S/C16H20N2O4/c1-10(2)17-15(20)6-7-18-13-8-12(11(3)19)4-5-14(13)22-9-16(18)21/h4-5,8,10H,6-7,9H2,1-3H3,(H,17,20). The van der Waals surface area contributed by atoms with Crippen LogP contribution in [0.15, 0.2) is 18.2 Å². The number of hydrogen-bond acceptors (Lipinski definition) is 4. The molecule has 0 atom stereocenters. The Kier molecular flexibility index (Phi) is 4.80. The first-order chi connectivity index (χ1) is 10.4. The van der Waals surface area contributed by atoms with E-state index in [0.717, 1.165) is 0 Å². The van der Waals surface area contributed by atoms with Crippen molar-refractivity contribution in [2.75, 3.05) is 18.1 Å². The molecule has 1 aliphatic heterocycles. The molecular weight excluding hydrogens is 284 g/mol. The average Bonchev–Trinajstić information content (AvgIpc) is 2.44. The summed E-state index contributed by atoms with van der Waals surface area (Å²) in [4.78, 5) is 36.8. The van der Waals surface area contributed by atoms with Crippen LogP contribution in [0.5, 0.6) is 5.75 Å². The predicted octanol–water partition coefficient (Wildman–Crippen LogP) is 1.53. The number of nitrogens with one attached hydrogen (secondary N) is 1. The topological polar surface area (TPSA) is 75.7 Å². The summed E-state index contributed by atoms with van der Waals surface area (Å²) in [6.45, 7) is 5.43. The summed E-state index contributed by atoms with van der Waals surface area (Å²) < 4.78 is 5.37. The molecule has 118 valence electrons. The summed E-state index contributed by atoms with van der Waals surface area (Å²) in [5, 5.41) is 2.79. The second-order valence-corrected chi connectivity index (χ2v) is 5.54. The number of hydrogen-bond donors (Lipinski definition) is 1. The number of carbonyl (C=O) groups is 3. The first-order valence-electron chi connectivity index (χ1n) is 7.26. The van der Waals surface area contributed by atoms with Crippen LogP contribution in [0.1, 0.15) is 37.6 Å². The zero-order valence-electron chi connectivity index (χ0n) is 13.0. The maximum Gasteiger partial charge on any atom is 0.265 e. The lowest BCUT2D eigenvalue weighted by Crippen LogP contribution is -2.41. The highest BCUT2D eigenvalue weighted by Gasteiger charge is 2.26. The number of rotatable bonds is 5. The summed E-state index contributed by atoms with van der Waals surface area (Å²) in [7, 11) is 0. The Hall–Kier alpha value is -2.37. The maximum absolute atomic E-state index is 12.1. The molecule has 1 heterocycles. The normalized spacial score (nSPS) is 13.6. The third-order valence-corrected chi connectivity index (χ3v) is 3.32. The molecule has 0 fully saturated rings. The number of benzene rings is 1. The SMILES string of the molecule is CC(=O)c1ccc2c(c1)N(CCC(=O)NC(C)C)C(=O)CO2. The van der Waals surface area contributed by atoms with Crippen molar-refractivity contribution in [2.45, 2.75) is 33.2 Å². The lowest BCUT2D eigenvalue weighted by Gasteiger charge is -2.29. The van der Waals surface area contributed by atoms with E-state index in [9.17, 15) is 14.4 Å². The van der Waals surface area contributed by atoms with E-state index in [1.165, 1.54) is 11.8 Å². The fraction of sp³-hybridized carbons (Fsp3) is 0.438. The van der Waals surface area contributed by atoms with Gasteiger partial charge in [-0.3, -0.25) is 14.4 Å². The molecule has 1 aromatic rings. The van der Waals surface area contributed by atoms with Crippen molar-refractivity contribution < 1.29 is 19.1 Å². The second-order valence-electron chi connectivity index (χ2n) is 5.54. The Morgan fingerprint density at radius 3 is 2.73 bits per heavy atom. The average molecular weight is 304 g/mol. The molecular formula is C16H20N2O4. The van der Waals surface area contributed by atoms with Crippen molar-refractivity contribution in [1.29, 1.82) is 0 Å². The van der Waals surface area contributed by atoms with Gasteiger partial charge >= 0.3 is 0 Å². The fourth-order valence-corrected chi connectivity index (χ4v) is 2.27. The molecule has 0 unspecified atom stereocenters. The molecule has 6 nitrogen and oxygen atoms in total. The number of anilines is 1. The Morgan fingerprint density at radius 1 is 1.36 bits per heavy atom. The van der Waals surface area contributed by atoms with Crippen LogP contribution in [0, 0.1) is 0 Å². The molecule has 0 spiro atoms. The van der Waals surface area contributed by atoms with Crippen molar-refractivity contribution >= 4 is 23.3 Å². The number of amides is 2. The highest BCUT2D eigenvalue weighted by atomic mass is 16.5. The zero-order valence-corrected chi connectivity index (χ0v) is 13.0. The third kappa shape index (κ3) is 3.63. The van der Waals surface area contributed by atoms with E-state index >= 15 is 0 Å². The first kappa shape index (κ1) is 16.0. The van der Waals surface area contributed by atoms with Crippen molar-refractivity contribution in [3.05, 3.63) is 23.8 Å². The summed E-state index contributed by atoms with van der Waals surface area (Å²) in [6, 6.07) is 5.04. The third-order valence-electron chi connectivity index (χ3n) is 3.32. The molecule has 0 radical (unpaired) electrons. The van der Waals surface area contributed by atoms with Gasteiger partial charge in [-0.2, -0.15) is 0 Å². The fourth-order valence-electron chi connectivity index (χ4n) is 2.27. The smallest absolute Gasteiger partial charge is 0.265 e. The monoisotopic (exact) mass is 304 g/mol. The Labute approximate surface area is 129 Å². The van der Waals surface area contributed by atoms with Gasteiger partial charge in [-0.15, -0.1) is 0 Å². The molecule has 1 aromatic carbocycles. The van der Waals surface area contributed by atoms with Crippen LogP contribution in [0.2, 0.25) is 0 Å². The molecule has 0 aliphatic carbocycles. The summed E-state index contributed by atoms with van der Waals surface area (Å²) >= 11 is 0. The van der Waals surface area contributed by atoms with Crippen molar-refractivity contribution in [3.63, 3.8) is 0 Å². The van der Waals surface area contributed by atoms with Gasteiger partial charge in [-0.25, -0.2) is 0 Å². The molecule has 0 aromatic heterocycles.